The highest BCUT2D eigenvalue weighted by Gasteiger charge is 2.39. The lowest BCUT2D eigenvalue weighted by molar-refractivity contribution is -0.157. The predicted molar refractivity (Wildman–Crippen MR) is 89.1 cm³/mol. The highest BCUT2D eigenvalue weighted by molar-refractivity contribution is 5.91. The number of rotatable bonds is 3. The molecule has 146 valence electrons. The molecule has 0 saturated carbocycles. The molecule has 28 heavy (non-hydrogen) atoms. The molecule has 0 bridgehead atoms. The number of hydrogen-bond donors (Lipinski definition) is 0. The van der Waals surface area contributed by atoms with Gasteiger partial charge in [-0.25, -0.2) is 4.98 Å². The average Bonchev–Trinajstić information content (AvgIpc) is 3.38. The number of carbonyl (C=O) groups excluding carboxylic acids is 1. The first-order chi connectivity index (χ1) is 13.4. The van der Waals surface area contributed by atoms with E-state index < -0.39 is 12.1 Å². The van der Waals surface area contributed by atoms with E-state index in [0.29, 0.717) is 31.8 Å². The summed E-state index contributed by atoms with van der Waals surface area (Å²) in [5.41, 5.74) is 0.761. The SMILES string of the molecule is O=C(c1cnc(-c2ccccc2)o1)N1CCC(c2nnc(C(F)(F)F)o2)CC1. The van der Waals surface area contributed by atoms with Crippen molar-refractivity contribution in [3.05, 3.63) is 54.1 Å². The molecule has 0 radical (unpaired) electrons. The van der Waals surface area contributed by atoms with Gasteiger partial charge in [0.1, 0.15) is 0 Å². The van der Waals surface area contributed by atoms with Crippen molar-refractivity contribution in [3.63, 3.8) is 0 Å². The van der Waals surface area contributed by atoms with E-state index in [2.05, 4.69) is 15.2 Å². The van der Waals surface area contributed by atoms with E-state index in [0.717, 1.165) is 5.56 Å². The normalized spacial score (nSPS) is 15.8. The van der Waals surface area contributed by atoms with Crippen LogP contribution in [0.2, 0.25) is 0 Å². The number of likely N-dealkylation sites (tertiary alicyclic amines) is 1. The lowest BCUT2D eigenvalue weighted by atomic mass is 9.97. The summed E-state index contributed by atoms with van der Waals surface area (Å²) < 4.78 is 48.1. The Morgan fingerprint density at radius 1 is 1.07 bits per heavy atom. The summed E-state index contributed by atoms with van der Waals surface area (Å²) in [5, 5.41) is 6.55. The van der Waals surface area contributed by atoms with Gasteiger partial charge in [0.2, 0.25) is 17.5 Å². The first kappa shape index (κ1) is 18.2. The van der Waals surface area contributed by atoms with Crippen LogP contribution in [-0.2, 0) is 6.18 Å². The predicted octanol–water partition coefficient (Wildman–Crippen LogP) is 3.76. The molecule has 1 saturated heterocycles. The second kappa shape index (κ2) is 7.10. The zero-order valence-electron chi connectivity index (χ0n) is 14.5. The van der Waals surface area contributed by atoms with Crippen molar-refractivity contribution >= 4 is 5.91 Å². The molecule has 0 unspecified atom stereocenters. The molecule has 1 aliphatic rings. The molecule has 1 fully saturated rings. The maximum absolute atomic E-state index is 12.6. The van der Waals surface area contributed by atoms with Gasteiger partial charge in [0.05, 0.1) is 6.20 Å². The Morgan fingerprint density at radius 3 is 2.43 bits per heavy atom. The van der Waals surface area contributed by atoms with Crippen LogP contribution < -0.4 is 0 Å². The molecule has 2 aromatic heterocycles. The Bertz CT molecular complexity index is 960. The number of halogens is 3. The Kier molecular flexibility index (Phi) is 4.62. The zero-order chi connectivity index (χ0) is 19.7. The number of piperidine rings is 1. The minimum absolute atomic E-state index is 0.0505. The van der Waals surface area contributed by atoms with Gasteiger partial charge in [0.15, 0.2) is 0 Å². The maximum atomic E-state index is 12.6. The Hall–Kier alpha value is -3.17. The number of carbonyl (C=O) groups is 1. The summed E-state index contributed by atoms with van der Waals surface area (Å²) >= 11 is 0. The fourth-order valence-corrected chi connectivity index (χ4v) is 3.09. The largest absolute Gasteiger partial charge is 0.470 e. The van der Waals surface area contributed by atoms with Crippen LogP contribution in [0, 0.1) is 0 Å². The van der Waals surface area contributed by atoms with Gasteiger partial charge in [-0.15, -0.1) is 10.2 Å². The van der Waals surface area contributed by atoms with Gasteiger partial charge in [-0.2, -0.15) is 13.2 Å². The van der Waals surface area contributed by atoms with E-state index >= 15 is 0 Å². The highest BCUT2D eigenvalue weighted by atomic mass is 19.4. The summed E-state index contributed by atoms with van der Waals surface area (Å²) in [4.78, 5) is 18.3. The number of amides is 1. The van der Waals surface area contributed by atoms with Crippen LogP contribution in [0.1, 0.15) is 41.1 Å². The maximum Gasteiger partial charge on any atom is 0.470 e. The summed E-state index contributed by atoms with van der Waals surface area (Å²) in [7, 11) is 0. The van der Waals surface area contributed by atoms with E-state index in [-0.39, 0.29) is 23.5 Å². The van der Waals surface area contributed by atoms with Crippen molar-refractivity contribution in [2.24, 2.45) is 0 Å². The van der Waals surface area contributed by atoms with Crippen molar-refractivity contribution in [1.29, 1.82) is 0 Å². The number of benzene rings is 1. The van der Waals surface area contributed by atoms with Crippen molar-refractivity contribution in [1.82, 2.24) is 20.1 Å². The van der Waals surface area contributed by atoms with Gasteiger partial charge < -0.3 is 13.7 Å². The molecular weight excluding hydrogens is 377 g/mol. The minimum atomic E-state index is -4.66. The van der Waals surface area contributed by atoms with E-state index in [4.69, 9.17) is 8.83 Å². The van der Waals surface area contributed by atoms with Crippen LogP contribution in [0.15, 0.2) is 45.4 Å². The molecular formula is C18H15F3N4O3. The van der Waals surface area contributed by atoms with Crippen LogP contribution in [-0.4, -0.2) is 39.1 Å². The Balaban J connectivity index is 1.39. The topological polar surface area (TPSA) is 85.3 Å². The molecule has 1 aromatic carbocycles. The van der Waals surface area contributed by atoms with Gasteiger partial charge >= 0.3 is 12.1 Å². The lowest BCUT2D eigenvalue weighted by Crippen LogP contribution is -2.37. The molecule has 10 heteroatoms. The van der Waals surface area contributed by atoms with Crippen molar-refractivity contribution in [3.8, 4) is 11.5 Å². The average molecular weight is 392 g/mol. The Labute approximate surface area is 157 Å². The summed E-state index contributed by atoms with van der Waals surface area (Å²) in [6.45, 7) is 0.684. The van der Waals surface area contributed by atoms with Crippen molar-refractivity contribution in [2.45, 2.75) is 24.9 Å². The first-order valence-corrected chi connectivity index (χ1v) is 8.63. The minimum Gasteiger partial charge on any atom is -0.431 e. The van der Waals surface area contributed by atoms with Crippen LogP contribution in [0.5, 0.6) is 0 Å². The second-order valence-electron chi connectivity index (χ2n) is 6.41. The molecule has 0 spiro atoms. The van der Waals surface area contributed by atoms with E-state index in [1.807, 2.05) is 30.3 Å². The molecule has 7 nitrogen and oxygen atoms in total. The van der Waals surface area contributed by atoms with E-state index in [9.17, 15) is 18.0 Å². The molecule has 1 aliphatic heterocycles. The molecule has 1 amide bonds. The molecule has 0 atom stereocenters. The second-order valence-corrected chi connectivity index (χ2v) is 6.41. The summed E-state index contributed by atoms with van der Waals surface area (Å²) in [6.07, 6.45) is -2.44. The molecule has 0 N–H and O–H groups in total. The number of hydrogen-bond acceptors (Lipinski definition) is 6. The fraction of sp³-hybridized carbons (Fsp3) is 0.333. The molecule has 0 aliphatic carbocycles. The Morgan fingerprint density at radius 2 is 1.79 bits per heavy atom. The van der Waals surface area contributed by atoms with E-state index in [1.165, 1.54) is 6.20 Å². The first-order valence-electron chi connectivity index (χ1n) is 8.63. The molecule has 3 heterocycles. The van der Waals surface area contributed by atoms with Gasteiger partial charge in [0.25, 0.3) is 5.91 Å². The van der Waals surface area contributed by atoms with Crippen LogP contribution in [0.25, 0.3) is 11.5 Å². The third kappa shape index (κ3) is 3.62. The molecule has 4 rings (SSSR count). The summed E-state index contributed by atoms with van der Waals surface area (Å²) in [6, 6.07) is 9.20. The standard InChI is InChI=1S/C18H15F3N4O3/c19-18(20,21)17-24-23-15(28-17)12-6-8-25(9-7-12)16(26)13-10-22-14(27-13)11-4-2-1-3-5-11/h1-5,10,12H,6-9H2. The number of alkyl halides is 3. The van der Waals surface area contributed by atoms with Gasteiger partial charge in [-0.3, -0.25) is 4.79 Å². The van der Waals surface area contributed by atoms with Crippen LogP contribution in [0.4, 0.5) is 13.2 Å². The van der Waals surface area contributed by atoms with Crippen molar-refractivity contribution in [2.75, 3.05) is 13.1 Å². The fourth-order valence-electron chi connectivity index (χ4n) is 3.09. The number of oxazole rings is 1. The van der Waals surface area contributed by atoms with Gasteiger partial charge in [0, 0.05) is 24.6 Å². The van der Waals surface area contributed by atoms with E-state index in [1.54, 1.807) is 4.90 Å². The molecule has 3 aromatic rings. The van der Waals surface area contributed by atoms with Crippen molar-refractivity contribution < 1.29 is 26.8 Å². The van der Waals surface area contributed by atoms with Crippen LogP contribution >= 0.6 is 0 Å². The summed E-state index contributed by atoms with van der Waals surface area (Å²) in [5.74, 6) is -1.56. The number of nitrogens with zero attached hydrogens (tertiary/aromatic N) is 4. The third-order valence-corrected chi connectivity index (χ3v) is 4.55. The lowest BCUT2D eigenvalue weighted by Gasteiger charge is -2.29. The van der Waals surface area contributed by atoms with Gasteiger partial charge in [-0.05, 0) is 25.0 Å². The third-order valence-electron chi connectivity index (χ3n) is 4.55. The quantitative estimate of drug-likeness (QED) is 0.675. The smallest absolute Gasteiger partial charge is 0.431 e. The van der Waals surface area contributed by atoms with Crippen LogP contribution in [0.3, 0.4) is 0 Å². The van der Waals surface area contributed by atoms with Gasteiger partial charge in [-0.1, -0.05) is 18.2 Å². The zero-order valence-corrected chi connectivity index (χ0v) is 14.5. The number of aromatic nitrogens is 3. The highest BCUT2D eigenvalue weighted by Crippen LogP contribution is 2.33. The monoisotopic (exact) mass is 392 g/mol.